The third-order valence-corrected chi connectivity index (χ3v) is 9.76. The normalized spacial score (nSPS) is 11.3. The number of hydrogen-bond donors (Lipinski definition) is 1. The van der Waals surface area contributed by atoms with Gasteiger partial charge in [-0.1, -0.05) is 156 Å². The predicted octanol–water partition coefficient (Wildman–Crippen LogP) is 14.3. The maximum atomic E-state index is 6.38. The zero-order valence-electron chi connectivity index (χ0n) is 32.4. The third kappa shape index (κ3) is 17.8. The molecule has 5 heteroatoms. The molecule has 1 N–H and O–H groups in total. The molecule has 280 valence electrons. The van der Waals surface area contributed by atoms with Crippen molar-refractivity contribution >= 4 is 0 Å². The van der Waals surface area contributed by atoms with E-state index in [1.54, 1.807) is 0 Å². The molecule has 0 aliphatic carbocycles. The molecule has 1 heterocycles. The summed E-state index contributed by atoms with van der Waals surface area (Å²) < 4.78 is 18.7. The highest BCUT2D eigenvalue weighted by Crippen LogP contribution is 2.34. The maximum absolute atomic E-state index is 6.38. The van der Waals surface area contributed by atoms with Crippen molar-refractivity contribution in [3.63, 3.8) is 0 Å². The highest BCUT2D eigenvalue weighted by molar-refractivity contribution is 5.70. The van der Waals surface area contributed by atoms with Crippen LogP contribution in [0.15, 0.2) is 48.5 Å². The summed E-state index contributed by atoms with van der Waals surface area (Å²) in [7, 11) is 0. The molecule has 0 atom stereocenters. The number of ether oxygens (including phenoxy) is 3. The van der Waals surface area contributed by atoms with Gasteiger partial charge in [0.2, 0.25) is 0 Å². The molecule has 0 aliphatic rings. The molecule has 0 aliphatic heterocycles. The van der Waals surface area contributed by atoms with Crippen molar-refractivity contribution in [3.05, 3.63) is 48.5 Å². The van der Waals surface area contributed by atoms with Crippen LogP contribution < -0.4 is 14.2 Å². The van der Waals surface area contributed by atoms with Crippen LogP contribution >= 0.6 is 0 Å². The average molecular weight is 689 g/mol. The van der Waals surface area contributed by atoms with E-state index in [-0.39, 0.29) is 0 Å². The van der Waals surface area contributed by atoms with Gasteiger partial charge in [0, 0.05) is 5.56 Å². The maximum Gasteiger partial charge on any atom is 0.161 e. The average Bonchev–Trinajstić information content (AvgIpc) is 3.64. The summed E-state index contributed by atoms with van der Waals surface area (Å²) in [4.78, 5) is 0. The van der Waals surface area contributed by atoms with E-state index in [1.807, 2.05) is 0 Å². The highest BCUT2D eigenvalue weighted by Gasteiger charge is 2.12. The molecule has 1 aromatic heterocycles. The number of aromatic nitrogens is 2. The summed E-state index contributed by atoms with van der Waals surface area (Å²) >= 11 is 0. The van der Waals surface area contributed by atoms with Crippen molar-refractivity contribution in [2.45, 2.75) is 175 Å². The lowest BCUT2D eigenvalue weighted by molar-refractivity contribution is 0.258. The molecule has 50 heavy (non-hydrogen) atoms. The van der Waals surface area contributed by atoms with E-state index in [0.29, 0.717) is 6.61 Å². The highest BCUT2D eigenvalue weighted by atomic mass is 16.5. The second-order valence-electron chi connectivity index (χ2n) is 14.3. The molecular formula is C45H72N2O3. The van der Waals surface area contributed by atoms with Crippen LogP contribution in [0.2, 0.25) is 0 Å². The second kappa shape index (κ2) is 27.7. The van der Waals surface area contributed by atoms with Gasteiger partial charge in [-0.05, 0) is 73.4 Å². The number of unbranched alkanes of at least 4 members (excludes halogenated alkanes) is 21. The molecule has 3 aromatic rings. The van der Waals surface area contributed by atoms with Crippen molar-refractivity contribution in [3.8, 4) is 39.8 Å². The van der Waals surface area contributed by atoms with E-state index in [9.17, 15) is 0 Å². The number of nitrogens with one attached hydrogen (secondary N) is 1. The van der Waals surface area contributed by atoms with Crippen molar-refractivity contribution < 1.29 is 14.2 Å². The van der Waals surface area contributed by atoms with Crippen LogP contribution in [0.5, 0.6) is 17.2 Å². The second-order valence-corrected chi connectivity index (χ2v) is 14.3. The van der Waals surface area contributed by atoms with E-state index in [2.05, 4.69) is 79.5 Å². The molecule has 2 aromatic carbocycles. The van der Waals surface area contributed by atoms with E-state index in [0.717, 1.165) is 72.2 Å². The van der Waals surface area contributed by atoms with Crippen molar-refractivity contribution in [1.82, 2.24) is 10.2 Å². The van der Waals surface area contributed by atoms with Gasteiger partial charge in [0.05, 0.1) is 31.2 Å². The van der Waals surface area contributed by atoms with Crippen LogP contribution in [0.25, 0.3) is 22.5 Å². The SMILES string of the molecule is CCCCCCCCCCOc1ccc(-c2cc(-c3ccc(OCCCCCCCCCC)c(OCCCCCCCCCC)c3)n[nH]2)cc1. The Morgan fingerprint density at radius 2 is 0.840 bits per heavy atom. The molecule has 3 rings (SSSR count). The Kier molecular flexibility index (Phi) is 23.0. The standard InChI is InChI=1S/C45H72N2O3/c1-4-7-10-13-16-19-22-25-34-48-41-31-28-39(29-32-41)42-38-43(47-46-42)40-30-33-44(49-35-26-23-20-17-14-11-8-5-2)45(37-40)50-36-27-24-21-18-15-12-9-6-3/h28-33,37-38H,4-27,34-36H2,1-3H3,(H,46,47). The fraction of sp³-hybridized carbons (Fsp3) is 0.667. The van der Waals surface area contributed by atoms with Crippen LogP contribution in [0.4, 0.5) is 0 Å². The first-order valence-electron chi connectivity index (χ1n) is 20.9. The zero-order valence-corrected chi connectivity index (χ0v) is 32.4. The van der Waals surface area contributed by atoms with Crippen LogP contribution in [-0.4, -0.2) is 30.0 Å². The molecule has 0 amide bonds. The van der Waals surface area contributed by atoms with E-state index >= 15 is 0 Å². The lowest BCUT2D eigenvalue weighted by Gasteiger charge is -2.14. The zero-order chi connectivity index (χ0) is 35.3. The minimum Gasteiger partial charge on any atom is -0.494 e. The van der Waals surface area contributed by atoms with E-state index in [4.69, 9.17) is 14.2 Å². The first-order chi connectivity index (χ1) is 24.7. The quantitative estimate of drug-likeness (QED) is 0.0663. The van der Waals surface area contributed by atoms with Gasteiger partial charge in [-0.15, -0.1) is 0 Å². The minimum atomic E-state index is 0.714. The fourth-order valence-corrected chi connectivity index (χ4v) is 6.51. The number of rotatable bonds is 32. The van der Waals surface area contributed by atoms with Gasteiger partial charge in [-0.2, -0.15) is 5.10 Å². The van der Waals surface area contributed by atoms with Crippen molar-refractivity contribution in [2.24, 2.45) is 0 Å². The summed E-state index contributed by atoms with van der Waals surface area (Å²) in [6.45, 7) is 9.05. The molecule has 0 fully saturated rings. The molecule has 0 bridgehead atoms. The first-order valence-corrected chi connectivity index (χ1v) is 20.9. The Labute approximate surface area is 306 Å². The molecule has 0 radical (unpaired) electrons. The van der Waals surface area contributed by atoms with Crippen LogP contribution in [0, 0.1) is 0 Å². The van der Waals surface area contributed by atoms with Crippen molar-refractivity contribution in [2.75, 3.05) is 19.8 Å². The summed E-state index contributed by atoms with van der Waals surface area (Å²) in [6, 6.07) is 16.8. The van der Waals surface area contributed by atoms with Crippen LogP contribution in [0.1, 0.15) is 175 Å². The fourth-order valence-electron chi connectivity index (χ4n) is 6.51. The van der Waals surface area contributed by atoms with Crippen molar-refractivity contribution in [1.29, 1.82) is 0 Å². The summed E-state index contributed by atoms with van der Waals surface area (Å²) in [6.07, 6.45) is 31.1. The van der Waals surface area contributed by atoms with Gasteiger partial charge >= 0.3 is 0 Å². The molecule has 0 saturated heterocycles. The number of nitrogens with zero attached hydrogens (tertiary/aromatic N) is 1. The molecule has 0 spiro atoms. The summed E-state index contributed by atoms with van der Waals surface area (Å²) in [5.74, 6) is 2.60. The molecule has 0 saturated carbocycles. The lowest BCUT2D eigenvalue weighted by Crippen LogP contribution is -2.03. The first kappa shape index (κ1) is 41.5. The molecule has 0 unspecified atom stereocenters. The smallest absolute Gasteiger partial charge is 0.161 e. The Balaban J connectivity index is 1.50. The number of hydrogen-bond acceptors (Lipinski definition) is 4. The van der Waals surface area contributed by atoms with E-state index < -0.39 is 0 Å². The topological polar surface area (TPSA) is 56.4 Å². The number of H-pyrrole nitrogens is 1. The predicted molar refractivity (Wildman–Crippen MR) is 214 cm³/mol. The van der Waals surface area contributed by atoms with E-state index in [1.165, 1.54) is 135 Å². The van der Waals surface area contributed by atoms with Gasteiger partial charge < -0.3 is 14.2 Å². The molecular weight excluding hydrogens is 617 g/mol. The van der Waals surface area contributed by atoms with Crippen LogP contribution in [0.3, 0.4) is 0 Å². The Morgan fingerprint density at radius 1 is 0.420 bits per heavy atom. The summed E-state index contributed by atoms with van der Waals surface area (Å²) in [5.41, 5.74) is 4.02. The summed E-state index contributed by atoms with van der Waals surface area (Å²) in [5, 5.41) is 7.93. The van der Waals surface area contributed by atoms with Gasteiger partial charge in [0.1, 0.15) is 5.75 Å². The Bertz CT molecular complexity index is 1220. The molecule has 5 nitrogen and oxygen atoms in total. The van der Waals surface area contributed by atoms with Crippen LogP contribution in [-0.2, 0) is 0 Å². The van der Waals surface area contributed by atoms with Gasteiger partial charge in [0.15, 0.2) is 11.5 Å². The van der Waals surface area contributed by atoms with Gasteiger partial charge in [0.25, 0.3) is 0 Å². The largest absolute Gasteiger partial charge is 0.494 e. The monoisotopic (exact) mass is 689 g/mol. The van der Waals surface area contributed by atoms with Gasteiger partial charge in [-0.25, -0.2) is 0 Å². The number of benzene rings is 2. The Morgan fingerprint density at radius 3 is 1.34 bits per heavy atom. The number of aromatic amines is 1. The lowest BCUT2D eigenvalue weighted by atomic mass is 10.1. The van der Waals surface area contributed by atoms with Gasteiger partial charge in [-0.3, -0.25) is 5.10 Å². The minimum absolute atomic E-state index is 0.714. The Hall–Kier alpha value is -2.95. The third-order valence-electron chi connectivity index (χ3n) is 9.76.